The summed E-state index contributed by atoms with van der Waals surface area (Å²) in [6, 6.07) is 14.3. The zero-order valence-electron chi connectivity index (χ0n) is 11.9. The smallest absolute Gasteiger partial charge is 0.231 e. The van der Waals surface area contributed by atoms with Crippen molar-refractivity contribution in [3.05, 3.63) is 58.3 Å². The Morgan fingerprint density at radius 3 is 2.76 bits per heavy atom. The molecular formula is C17H20N2OS. The molecule has 1 aliphatic rings. The number of nitrogens with zero attached hydrogens (tertiary/aromatic N) is 1. The number of carbonyl (C=O) groups is 1. The third-order valence-electron chi connectivity index (χ3n) is 4.14. The second-order valence-electron chi connectivity index (χ2n) is 5.40. The number of hydrogen-bond acceptors (Lipinski definition) is 3. The minimum Gasteiger partial charge on any atom is -0.334 e. The largest absolute Gasteiger partial charge is 0.334 e. The van der Waals surface area contributed by atoms with Crippen molar-refractivity contribution in [1.29, 1.82) is 0 Å². The van der Waals surface area contributed by atoms with Crippen molar-refractivity contribution in [2.45, 2.75) is 24.8 Å². The van der Waals surface area contributed by atoms with Crippen LogP contribution in [-0.4, -0.2) is 23.9 Å². The summed E-state index contributed by atoms with van der Waals surface area (Å²) in [6.45, 7) is 1.20. The van der Waals surface area contributed by atoms with Crippen LogP contribution in [0, 0.1) is 0 Å². The van der Waals surface area contributed by atoms with Crippen LogP contribution in [0.25, 0.3) is 0 Å². The zero-order chi connectivity index (χ0) is 14.7. The third kappa shape index (κ3) is 2.87. The lowest BCUT2D eigenvalue weighted by molar-refractivity contribution is -0.133. The van der Waals surface area contributed by atoms with Crippen LogP contribution in [-0.2, 0) is 4.79 Å². The van der Waals surface area contributed by atoms with Crippen LogP contribution in [0.4, 0.5) is 0 Å². The fourth-order valence-electron chi connectivity index (χ4n) is 3.07. The Bertz CT molecular complexity index is 582. The van der Waals surface area contributed by atoms with Gasteiger partial charge in [-0.15, -0.1) is 11.3 Å². The second-order valence-corrected chi connectivity index (χ2v) is 6.38. The lowest BCUT2D eigenvalue weighted by Gasteiger charge is -2.28. The summed E-state index contributed by atoms with van der Waals surface area (Å²) in [7, 11) is 0. The summed E-state index contributed by atoms with van der Waals surface area (Å²) < 4.78 is 0. The van der Waals surface area contributed by atoms with Gasteiger partial charge in [-0.2, -0.15) is 0 Å². The molecule has 2 aromatic rings. The molecule has 0 aliphatic carbocycles. The molecule has 1 aliphatic heterocycles. The standard InChI is InChI=1S/C17H20N2OS/c18-12-14(13-6-2-1-3-7-13)17(20)19-10-4-8-15(19)16-9-5-11-21-16/h1-3,5-7,9,11,14-15H,4,8,10,12,18H2. The van der Waals surface area contributed by atoms with E-state index in [4.69, 9.17) is 5.73 Å². The van der Waals surface area contributed by atoms with E-state index in [0.29, 0.717) is 6.54 Å². The quantitative estimate of drug-likeness (QED) is 0.943. The molecule has 2 heterocycles. The van der Waals surface area contributed by atoms with Gasteiger partial charge < -0.3 is 10.6 Å². The lowest BCUT2D eigenvalue weighted by atomic mass is 9.97. The van der Waals surface area contributed by atoms with E-state index in [1.807, 2.05) is 35.2 Å². The van der Waals surface area contributed by atoms with E-state index in [-0.39, 0.29) is 17.9 Å². The lowest BCUT2D eigenvalue weighted by Crippen LogP contribution is -2.37. The minimum atomic E-state index is -0.230. The van der Waals surface area contributed by atoms with Gasteiger partial charge in [0.1, 0.15) is 0 Å². The van der Waals surface area contributed by atoms with Crippen molar-refractivity contribution in [2.24, 2.45) is 5.73 Å². The predicted octanol–water partition coefficient (Wildman–Crippen LogP) is 3.15. The summed E-state index contributed by atoms with van der Waals surface area (Å²) in [5, 5.41) is 2.08. The number of benzene rings is 1. The highest BCUT2D eigenvalue weighted by Gasteiger charge is 2.34. The van der Waals surface area contributed by atoms with Gasteiger partial charge in [0.2, 0.25) is 5.91 Å². The van der Waals surface area contributed by atoms with E-state index >= 15 is 0 Å². The van der Waals surface area contributed by atoms with E-state index in [2.05, 4.69) is 17.5 Å². The summed E-state index contributed by atoms with van der Waals surface area (Å²) in [5.41, 5.74) is 6.91. The van der Waals surface area contributed by atoms with Crippen molar-refractivity contribution in [3.63, 3.8) is 0 Å². The summed E-state index contributed by atoms with van der Waals surface area (Å²) in [4.78, 5) is 16.2. The van der Waals surface area contributed by atoms with E-state index in [9.17, 15) is 4.79 Å². The molecule has 1 aromatic heterocycles. The molecule has 4 heteroatoms. The van der Waals surface area contributed by atoms with E-state index in [1.165, 1.54) is 4.88 Å². The van der Waals surface area contributed by atoms with Crippen LogP contribution >= 0.6 is 11.3 Å². The Labute approximate surface area is 129 Å². The Balaban J connectivity index is 1.83. The van der Waals surface area contributed by atoms with E-state index < -0.39 is 0 Å². The average Bonchev–Trinajstić information content (AvgIpc) is 3.20. The summed E-state index contributed by atoms with van der Waals surface area (Å²) >= 11 is 1.73. The molecule has 0 bridgehead atoms. The molecule has 3 nitrogen and oxygen atoms in total. The number of amides is 1. The van der Waals surface area contributed by atoms with Gasteiger partial charge in [0.05, 0.1) is 12.0 Å². The number of likely N-dealkylation sites (tertiary alicyclic amines) is 1. The van der Waals surface area contributed by atoms with Crippen LogP contribution in [0.1, 0.15) is 35.2 Å². The van der Waals surface area contributed by atoms with Gasteiger partial charge >= 0.3 is 0 Å². The van der Waals surface area contributed by atoms with Crippen LogP contribution in [0.5, 0.6) is 0 Å². The summed E-state index contributed by atoms with van der Waals surface area (Å²) in [6.07, 6.45) is 2.12. The first-order valence-electron chi connectivity index (χ1n) is 7.40. The predicted molar refractivity (Wildman–Crippen MR) is 86.2 cm³/mol. The molecule has 3 rings (SSSR count). The van der Waals surface area contributed by atoms with Crippen molar-refractivity contribution in [1.82, 2.24) is 4.90 Å². The summed E-state index contributed by atoms with van der Waals surface area (Å²) in [5.74, 6) is -0.0636. The van der Waals surface area contributed by atoms with Crippen LogP contribution in [0.15, 0.2) is 47.8 Å². The van der Waals surface area contributed by atoms with Gasteiger partial charge in [0.15, 0.2) is 0 Å². The molecule has 0 saturated carbocycles. The topological polar surface area (TPSA) is 46.3 Å². The zero-order valence-corrected chi connectivity index (χ0v) is 12.8. The highest BCUT2D eigenvalue weighted by atomic mass is 32.1. The SMILES string of the molecule is NCC(C(=O)N1CCCC1c1cccs1)c1ccccc1. The van der Waals surface area contributed by atoms with Gasteiger partial charge in [-0.05, 0) is 29.9 Å². The van der Waals surface area contributed by atoms with Crippen molar-refractivity contribution < 1.29 is 4.79 Å². The van der Waals surface area contributed by atoms with E-state index in [1.54, 1.807) is 11.3 Å². The molecular weight excluding hydrogens is 280 g/mol. The number of hydrogen-bond donors (Lipinski definition) is 1. The molecule has 1 saturated heterocycles. The van der Waals surface area contributed by atoms with Crippen molar-refractivity contribution in [3.8, 4) is 0 Å². The van der Waals surface area contributed by atoms with Gasteiger partial charge in [-0.1, -0.05) is 36.4 Å². The first-order valence-corrected chi connectivity index (χ1v) is 8.28. The maximum absolute atomic E-state index is 12.9. The van der Waals surface area contributed by atoms with Crippen molar-refractivity contribution >= 4 is 17.2 Å². The van der Waals surface area contributed by atoms with Crippen LogP contribution in [0.2, 0.25) is 0 Å². The number of thiophene rings is 1. The van der Waals surface area contributed by atoms with Gasteiger partial charge in [0, 0.05) is 18.0 Å². The molecule has 1 aromatic carbocycles. The molecule has 1 fully saturated rings. The molecule has 21 heavy (non-hydrogen) atoms. The Hall–Kier alpha value is -1.65. The Morgan fingerprint density at radius 2 is 2.10 bits per heavy atom. The monoisotopic (exact) mass is 300 g/mol. The molecule has 0 radical (unpaired) electrons. The van der Waals surface area contributed by atoms with Crippen LogP contribution in [0.3, 0.4) is 0 Å². The molecule has 110 valence electrons. The minimum absolute atomic E-state index is 0.166. The maximum Gasteiger partial charge on any atom is 0.231 e. The van der Waals surface area contributed by atoms with E-state index in [0.717, 1.165) is 24.9 Å². The first-order chi connectivity index (χ1) is 10.3. The van der Waals surface area contributed by atoms with Gasteiger partial charge in [0.25, 0.3) is 0 Å². The molecule has 0 spiro atoms. The molecule has 2 atom stereocenters. The second kappa shape index (κ2) is 6.41. The maximum atomic E-state index is 12.9. The number of carbonyl (C=O) groups excluding carboxylic acids is 1. The Kier molecular flexibility index (Phi) is 4.36. The van der Waals surface area contributed by atoms with Crippen LogP contribution < -0.4 is 5.73 Å². The van der Waals surface area contributed by atoms with Gasteiger partial charge in [-0.25, -0.2) is 0 Å². The molecule has 2 N–H and O–H groups in total. The molecule has 1 amide bonds. The van der Waals surface area contributed by atoms with Gasteiger partial charge in [-0.3, -0.25) is 4.79 Å². The highest BCUT2D eigenvalue weighted by molar-refractivity contribution is 7.10. The van der Waals surface area contributed by atoms with Crippen molar-refractivity contribution in [2.75, 3.05) is 13.1 Å². The normalized spacial score (nSPS) is 19.7. The Morgan fingerprint density at radius 1 is 1.29 bits per heavy atom. The number of nitrogens with two attached hydrogens (primary N) is 1. The first kappa shape index (κ1) is 14.3. The fraction of sp³-hybridized carbons (Fsp3) is 0.353. The number of rotatable bonds is 4. The molecule has 2 unspecified atom stereocenters. The highest BCUT2D eigenvalue weighted by Crippen LogP contribution is 2.36. The average molecular weight is 300 g/mol. The fourth-order valence-corrected chi connectivity index (χ4v) is 3.95. The third-order valence-corrected chi connectivity index (χ3v) is 5.12.